The van der Waals surface area contributed by atoms with Crippen LogP contribution < -0.4 is 0 Å². The second-order valence-electron chi connectivity index (χ2n) is 3.08. The number of carboxylic acid groups (broad SMARTS) is 1. The van der Waals surface area contributed by atoms with Gasteiger partial charge in [0.2, 0.25) is 5.01 Å². The standard InChI is InChI=1S/C9H13NO4S2/c1-14-3-2-4-16(13)6-7-5-15-8(10-7)9(11)12/h5H,2-4,6H2,1H3,(H,11,12). The van der Waals surface area contributed by atoms with Crippen LogP contribution in [-0.2, 0) is 21.3 Å². The maximum Gasteiger partial charge on any atom is 0.365 e. The first-order valence-corrected chi connectivity index (χ1v) is 7.02. The predicted octanol–water partition coefficient (Wildman–Crippen LogP) is 1.13. The molecule has 1 heterocycles. The van der Waals surface area contributed by atoms with Gasteiger partial charge in [-0.3, -0.25) is 4.21 Å². The van der Waals surface area contributed by atoms with Crippen molar-refractivity contribution in [2.45, 2.75) is 12.2 Å². The Morgan fingerprint density at radius 3 is 3.00 bits per heavy atom. The van der Waals surface area contributed by atoms with Gasteiger partial charge in [0.1, 0.15) is 0 Å². The molecule has 1 aromatic heterocycles. The van der Waals surface area contributed by atoms with Crippen LogP contribution in [-0.4, -0.2) is 39.7 Å². The summed E-state index contributed by atoms with van der Waals surface area (Å²) < 4.78 is 16.4. The molecule has 0 aliphatic heterocycles. The van der Waals surface area contributed by atoms with Gasteiger partial charge >= 0.3 is 5.97 Å². The molecule has 90 valence electrons. The summed E-state index contributed by atoms with van der Waals surface area (Å²) >= 11 is 1.06. The average Bonchev–Trinajstić information content (AvgIpc) is 2.66. The molecule has 1 unspecified atom stereocenters. The number of methoxy groups -OCH3 is 1. The van der Waals surface area contributed by atoms with Gasteiger partial charge in [0, 0.05) is 35.6 Å². The summed E-state index contributed by atoms with van der Waals surface area (Å²) in [7, 11) is 0.599. The molecule has 0 saturated carbocycles. The lowest BCUT2D eigenvalue weighted by molar-refractivity contribution is 0.0696. The van der Waals surface area contributed by atoms with Gasteiger partial charge in [-0.15, -0.1) is 11.3 Å². The lowest BCUT2D eigenvalue weighted by atomic mass is 10.5. The Kier molecular flexibility index (Phi) is 5.58. The van der Waals surface area contributed by atoms with E-state index in [1.807, 2.05) is 0 Å². The minimum absolute atomic E-state index is 0.0453. The van der Waals surface area contributed by atoms with Gasteiger partial charge in [0.25, 0.3) is 0 Å². The zero-order valence-corrected chi connectivity index (χ0v) is 10.5. The van der Waals surface area contributed by atoms with Gasteiger partial charge in [0.15, 0.2) is 0 Å². The van der Waals surface area contributed by atoms with Crippen molar-refractivity contribution in [2.75, 3.05) is 19.5 Å². The molecule has 0 radical (unpaired) electrons. The number of hydrogen-bond donors (Lipinski definition) is 1. The largest absolute Gasteiger partial charge is 0.476 e. The summed E-state index contributed by atoms with van der Waals surface area (Å²) in [5.74, 6) is -0.178. The van der Waals surface area contributed by atoms with Crippen LogP contribution in [0.2, 0.25) is 0 Å². The van der Waals surface area contributed by atoms with E-state index in [0.29, 0.717) is 23.8 Å². The first kappa shape index (κ1) is 13.3. The third kappa shape index (κ3) is 4.38. The molecule has 1 rings (SSSR count). The summed E-state index contributed by atoms with van der Waals surface area (Å²) in [5, 5.41) is 10.3. The van der Waals surface area contributed by atoms with E-state index >= 15 is 0 Å². The average molecular weight is 263 g/mol. The van der Waals surface area contributed by atoms with E-state index in [9.17, 15) is 9.00 Å². The van der Waals surface area contributed by atoms with E-state index in [-0.39, 0.29) is 5.01 Å². The molecule has 7 heteroatoms. The van der Waals surface area contributed by atoms with Crippen LogP contribution in [0.3, 0.4) is 0 Å². The van der Waals surface area contributed by atoms with E-state index in [4.69, 9.17) is 9.84 Å². The number of carboxylic acids is 1. The van der Waals surface area contributed by atoms with Crippen molar-refractivity contribution in [3.8, 4) is 0 Å². The van der Waals surface area contributed by atoms with Crippen molar-refractivity contribution in [2.24, 2.45) is 0 Å². The third-order valence-corrected chi connectivity index (χ3v) is 4.00. The van der Waals surface area contributed by atoms with E-state index in [0.717, 1.165) is 17.8 Å². The number of carbonyl (C=O) groups is 1. The van der Waals surface area contributed by atoms with Crippen LogP contribution >= 0.6 is 11.3 Å². The molecule has 1 atom stereocenters. The summed E-state index contributed by atoms with van der Waals surface area (Å²) in [4.78, 5) is 14.4. The monoisotopic (exact) mass is 263 g/mol. The van der Waals surface area contributed by atoms with Crippen molar-refractivity contribution < 1.29 is 18.8 Å². The molecule has 1 N–H and O–H groups in total. The molecule has 0 aliphatic rings. The van der Waals surface area contributed by atoms with Crippen LogP contribution in [0, 0.1) is 0 Å². The number of ether oxygens (including phenoxy) is 1. The van der Waals surface area contributed by atoms with Crippen molar-refractivity contribution in [3.05, 3.63) is 16.1 Å². The van der Waals surface area contributed by atoms with Gasteiger partial charge in [-0.2, -0.15) is 0 Å². The van der Waals surface area contributed by atoms with E-state index in [1.54, 1.807) is 12.5 Å². The maximum absolute atomic E-state index is 11.5. The Labute approximate surface area is 99.9 Å². The maximum atomic E-state index is 11.5. The Hall–Kier alpha value is -0.790. The predicted molar refractivity (Wildman–Crippen MR) is 62.3 cm³/mol. The molecule has 16 heavy (non-hydrogen) atoms. The molecule has 0 aliphatic carbocycles. The zero-order chi connectivity index (χ0) is 12.0. The molecule has 0 fully saturated rings. The lowest BCUT2D eigenvalue weighted by Crippen LogP contribution is -2.04. The molecular formula is C9H13NO4S2. The highest BCUT2D eigenvalue weighted by molar-refractivity contribution is 7.84. The zero-order valence-electron chi connectivity index (χ0n) is 8.84. The second kappa shape index (κ2) is 6.72. The van der Waals surface area contributed by atoms with Crippen LogP contribution in [0.25, 0.3) is 0 Å². The number of nitrogens with zero attached hydrogens (tertiary/aromatic N) is 1. The normalized spacial score (nSPS) is 12.6. The highest BCUT2D eigenvalue weighted by Crippen LogP contribution is 2.11. The smallest absolute Gasteiger partial charge is 0.365 e. The SMILES string of the molecule is COCCCS(=O)Cc1csc(C(=O)O)n1. The molecule has 1 aromatic rings. The van der Waals surface area contributed by atoms with Crippen molar-refractivity contribution in [1.29, 1.82) is 0 Å². The van der Waals surface area contributed by atoms with Crippen LogP contribution in [0.5, 0.6) is 0 Å². The Morgan fingerprint density at radius 2 is 2.44 bits per heavy atom. The minimum Gasteiger partial charge on any atom is -0.476 e. The Morgan fingerprint density at radius 1 is 1.69 bits per heavy atom. The van der Waals surface area contributed by atoms with Gasteiger partial charge in [-0.1, -0.05) is 0 Å². The van der Waals surface area contributed by atoms with Crippen molar-refractivity contribution in [3.63, 3.8) is 0 Å². The second-order valence-corrected chi connectivity index (χ2v) is 5.52. The lowest BCUT2D eigenvalue weighted by Gasteiger charge is -1.99. The summed E-state index contributed by atoms with van der Waals surface area (Å²) in [6.45, 7) is 0.586. The third-order valence-electron chi connectivity index (χ3n) is 1.76. The fraction of sp³-hybridized carbons (Fsp3) is 0.556. The summed E-state index contributed by atoms with van der Waals surface area (Å²) in [6.07, 6.45) is 0.735. The Balaban J connectivity index is 2.40. The van der Waals surface area contributed by atoms with Gasteiger partial charge in [-0.05, 0) is 6.42 Å². The summed E-state index contributed by atoms with van der Waals surface area (Å²) in [5.41, 5.74) is 0.582. The number of aromatic nitrogens is 1. The molecule has 0 bridgehead atoms. The van der Waals surface area contributed by atoms with E-state index in [2.05, 4.69) is 4.98 Å². The minimum atomic E-state index is -1.04. The quantitative estimate of drug-likeness (QED) is 0.746. The van der Waals surface area contributed by atoms with Gasteiger partial charge in [0.05, 0.1) is 11.4 Å². The van der Waals surface area contributed by atoms with Crippen molar-refractivity contribution in [1.82, 2.24) is 4.98 Å². The number of aromatic carboxylic acids is 1. The van der Waals surface area contributed by atoms with Crippen LogP contribution in [0.15, 0.2) is 5.38 Å². The van der Waals surface area contributed by atoms with Gasteiger partial charge in [-0.25, -0.2) is 9.78 Å². The van der Waals surface area contributed by atoms with Gasteiger partial charge < -0.3 is 9.84 Å². The first-order valence-electron chi connectivity index (χ1n) is 4.65. The molecule has 0 spiro atoms. The molecule has 0 saturated heterocycles. The summed E-state index contributed by atoms with van der Waals surface area (Å²) in [6, 6.07) is 0. The first-order chi connectivity index (χ1) is 7.63. The number of hydrogen-bond acceptors (Lipinski definition) is 5. The Bertz CT molecular complexity index is 377. The number of thiazole rings is 1. The fourth-order valence-electron chi connectivity index (χ4n) is 1.07. The molecule has 0 amide bonds. The number of rotatable bonds is 7. The van der Waals surface area contributed by atoms with Crippen LogP contribution in [0.4, 0.5) is 0 Å². The molecule has 5 nitrogen and oxygen atoms in total. The van der Waals surface area contributed by atoms with E-state index < -0.39 is 16.8 Å². The fourth-order valence-corrected chi connectivity index (χ4v) is 2.89. The van der Waals surface area contributed by atoms with E-state index in [1.165, 1.54) is 0 Å². The highest BCUT2D eigenvalue weighted by Gasteiger charge is 2.10. The van der Waals surface area contributed by atoms with Crippen molar-refractivity contribution >= 4 is 28.1 Å². The highest BCUT2D eigenvalue weighted by atomic mass is 32.2. The van der Waals surface area contributed by atoms with Crippen LogP contribution in [0.1, 0.15) is 21.9 Å². The molecular weight excluding hydrogens is 250 g/mol. The topological polar surface area (TPSA) is 76.5 Å². The molecule has 0 aromatic carbocycles.